The van der Waals surface area contributed by atoms with Gasteiger partial charge in [0.15, 0.2) is 0 Å². The maximum absolute atomic E-state index is 13.4. The molecule has 0 fully saturated rings. The highest BCUT2D eigenvalue weighted by molar-refractivity contribution is 5.17. The molecule has 0 aliphatic rings. The van der Waals surface area contributed by atoms with Crippen LogP contribution in [0.15, 0.2) is 24.3 Å². The van der Waals surface area contributed by atoms with E-state index in [0.717, 1.165) is 24.8 Å². The Morgan fingerprint density at radius 1 is 1.19 bits per heavy atom. The number of hydrogen-bond acceptors (Lipinski definition) is 1. The van der Waals surface area contributed by atoms with E-state index in [9.17, 15) is 4.39 Å². The summed E-state index contributed by atoms with van der Waals surface area (Å²) in [6.07, 6.45) is 3.01. The predicted octanol–water partition coefficient (Wildman–Crippen LogP) is 3.38. The van der Waals surface area contributed by atoms with Gasteiger partial charge in [0.2, 0.25) is 0 Å². The first-order valence-electron chi connectivity index (χ1n) is 6.07. The normalized spacial score (nSPS) is 13.1. The van der Waals surface area contributed by atoms with E-state index in [4.69, 9.17) is 5.73 Å². The van der Waals surface area contributed by atoms with Crippen LogP contribution in [-0.4, -0.2) is 6.54 Å². The van der Waals surface area contributed by atoms with Gasteiger partial charge in [-0.25, -0.2) is 4.39 Å². The van der Waals surface area contributed by atoms with Crippen molar-refractivity contribution in [2.75, 3.05) is 6.54 Å². The molecule has 0 saturated heterocycles. The zero-order valence-electron chi connectivity index (χ0n) is 10.2. The summed E-state index contributed by atoms with van der Waals surface area (Å²) in [6.45, 7) is 5.05. The summed E-state index contributed by atoms with van der Waals surface area (Å²) in [6, 6.07) is 6.98. The van der Waals surface area contributed by atoms with Crippen molar-refractivity contribution >= 4 is 0 Å². The number of nitrogens with two attached hydrogens (primary N) is 1. The largest absolute Gasteiger partial charge is 0.330 e. The molecular weight excluding hydrogens is 201 g/mol. The molecule has 0 saturated carbocycles. The Hall–Kier alpha value is -0.890. The van der Waals surface area contributed by atoms with Gasteiger partial charge in [-0.3, -0.25) is 0 Å². The summed E-state index contributed by atoms with van der Waals surface area (Å²) < 4.78 is 13.4. The number of benzene rings is 1. The van der Waals surface area contributed by atoms with Crippen LogP contribution >= 0.6 is 0 Å². The Bertz CT molecular complexity index is 309. The lowest BCUT2D eigenvalue weighted by atomic mass is 9.92. The quantitative estimate of drug-likeness (QED) is 0.786. The van der Waals surface area contributed by atoms with Crippen LogP contribution < -0.4 is 5.73 Å². The standard InChI is InChI=1S/C14H22FN/c1-11(2)7-8-12(10-16)9-13-5-3-4-6-14(13)15/h3-6,11-12H,7-10,16H2,1-2H3. The lowest BCUT2D eigenvalue weighted by Crippen LogP contribution is -2.18. The molecule has 2 heteroatoms. The van der Waals surface area contributed by atoms with Gasteiger partial charge in [0, 0.05) is 0 Å². The average Bonchev–Trinajstić information content (AvgIpc) is 2.26. The maximum Gasteiger partial charge on any atom is 0.126 e. The van der Waals surface area contributed by atoms with Crippen LogP contribution in [0.3, 0.4) is 0 Å². The van der Waals surface area contributed by atoms with Gasteiger partial charge >= 0.3 is 0 Å². The van der Waals surface area contributed by atoms with E-state index >= 15 is 0 Å². The predicted molar refractivity (Wildman–Crippen MR) is 66.7 cm³/mol. The van der Waals surface area contributed by atoms with E-state index in [-0.39, 0.29) is 5.82 Å². The molecule has 0 aliphatic carbocycles. The molecule has 0 aromatic heterocycles. The Balaban J connectivity index is 2.53. The first kappa shape index (κ1) is 13.2. The molecule has 0 aliphatic heterocycles. The smallest absolute Gasteiger partial charge is 0.126 e. The maximum atomic E-state index is 13.4. The minimum absolute atomic E-state index is 0.106. The zero-order chi connectivity index (χ0) is 12.0. The third-order valence-corrected chi connectivity index (χ3v) is 2.95. The fourth-order valence-corrected chi connectivity index (χ4v) is 1.85. The van der Waals surface area contributed by atoms with Gasteiger partial charge in [0.25, 0.3) is 0 Å². The van der Waals surface area contributed by atoms with Crippen molar-refractivity contribution in [1.29, 1.82) is 0 Å². The third-order valence-electron chi connectivity index (χ3n) is 2.95. The van der Waals surface area contributed by atoms with Crippen LogP contribution in [0, 0.1) is 17.7 Å². The fourth-order valence-electron chi connectivity index (χ4n) is 1.85. The molecule has 2 N–H and O–H groups in total. The molecule has 0 amide bonds. The van der Waals surface area contributed by atoms with Crippen molar-refractivity contribution in [3.8, 4) is 0 Å². The van der Waals surface area contributed by atoms with Gasteiger partial charge in [-0.1, -0.05) is 38.5 Å². The molecule has 1 nitrogen and oxygen atoms in total. The minimum Gasteiger partial charge on any atom is -0.330 e. The molecule has 0 radical (unpaired) electrons. The first-order valence-corrected chi connectivity index (χ1v) is 6.07. The molecular formula is C14H22FN. The fraction of sp³-hybridized carbons (Fsp3) is 0.571. The Morgan fingerprint density at radius 2 is 1.88 bits per heavy atom. The number of hydrogen-bond donors (Lipinski definition) is 1. The number of halogens is 1. The molecule has 1 atom stereocenters. The van der Waals surface area contributed by atoms with E-state index < -0.39 is 0 Å². The van der Waals surface area contributed by atoms with Crippen LogP contribution in [0.4, 0.5) is 4.39 Å². The van der Waals surface area contributed by atoms with Crippen LogP contribution in [0.1, 0.15) is 32.3 Å². The Morgan fingerprint density at radius 3 is 2.44 bits per heavy atom. The Labute approximate surface area is 97.9 Å². The van der Waals surface area contributed by atoms with E-state index in [1.807, 2.05) is 12.1 Å². The van der Waals surface area contributed by atoms with Gasteiger partial charge in [0.05, 0.1) is 0 Å². The first-order chi connectivity index (χ1) is 7.63. The summed E-state index contributed by atoms with van der Waals surface area (Å²) >= 11 is 0. The second kappa shape index (κ2) is 6.64. The summed E-state index contributed by atoms with van der Waals surface area (Å²) in [7, 11) is 0. The zero-order valence-corrected chi connectivity index (χ0v) is 10.2. The highest BCUT2D eigenvalue weighted by Gasteiger charge is 2.11. The topological polar surface area (TPSA) is 26.0 Å². The van der Waals surface area contributed by atoms with Gasteiger partial charge in [-0.15, -0.1) is 0 Å². The van der Waals surface area contributed by atoms with Crippen molar-refractivity contribution < 1.29 is 4.39 Å². The monoisotopic (exact) mass is 223 g/mol. The van der Waals surface area contributed by atoms with E-state index in [1.54, 1.807) is 6.07 Å². The summed E-state index contributed by atoms with van der Waals surface area (Å²) in [4.78, 5) is 0. The van der Waals surface area contributed by atoms with Crippen molar-refractivity contribution in [3.63, 3.8) is 0 Å². The summed E-state index contributed by atoms with van der Waals surface area (Å²) in [5.41, 5.74) is 6.53. The van der Waals surface area contributed by atoms with Crippen molar-refractivity contribution in [3.05, 3.63) is 35.6 Å². The van der Waals surface area contributed by atoms with Gasteiger partial charge in [0.1, 0.15) is 5.82 Å². The van der Waals surface area contributed by atoms with Crippen LogP contribution in [0.5, 0.6) is 0 Å². The van der Waals surface area contributed by atoms with Crippen molar-refractivity contribution in [2.24, 2.45) is 17.6 Å². The van der Waals surface area contributed by atoms with Gasteiger partial charge < -0.3 is 5.73 Å². The van der Waals surface area contributed by atoms with E-state index in [2.05, 4.69) is 13.8 Å². The Kier molecular flexibility index (Phi) is 5.47. The summed E-state index contributed by atoms with van der Waals surface area (Å²) in [5, 5.41) is 0. The highest BCUT2D eigenvalue weighted by atomic mass is 19.1. The minimum atomic E-state index is -0.106. The van der Waals surface area contributed by atoms with Crippen LogP contribution in [-0.2, 0) is 6.42 Å². The molecule has 0 heterocycles. The van der Waals surface area contributed by atoms with E-state index in [1.165, 1.54) is 6.07 Å². The second-order valence-corrected chi connectivity index (χ2v) is 4.87. The average molecular weight is 223 g/mol. The molecule has 1 aromatic carbocycles. The molecule has 0 bridgehead atoms. The lowest BCUT2D eigenvalue weighted by Gasteiger charge is -2.16. The van der Waals surface area contributed by atoms with E-state index in [0.29, 0.717) is 18.4 Å². The molecule has 1 rings (SSSR count). The van der Waals surface area contributed by atoms with Crippen molar-refractivity contribution in [1.82, 2.24) is 0 Å². The number of rotatable bonds is 6. The molecule has 16 heavy (non-hydrogen) atoms. The SMILES string of the molecule is CC(C)CCC(CN)Cc1ccccc1F. The third kappa shape index (κ3) is 4.31. The highest BCUT2D eigenvalue weighted by Crippen LogP contribution is 2.18. The second-order valence-electron chi connectivity index (χ2n) is 4.87. The van der Waals surface area contributed by atoms with Crippen molar-refractivity contribution in [2.45, 2.75) is 33.1 Å². The lowest BCUT2D eigenvalue weighted by molar-refractivity contribution is 0.422. The van der Waals surface area contributed by atoms with Gasteiger partial charge in [-0.2, -0.15) is 0 Å². The van der Waals surface area contributed by atoms with Crippen LogP contribution in [0.25, 0.3) is 0 Å². The van der Waals surface area contributed by atoms with Crippen LogP contribution in [0.2, 0.25) is 0 Å². The van der Waals surface area contributed by atoms with Gasteiger partial charge in [-0.05, 0) is 42.9 Å². The molecule has 1 unspecified atom stereocenters. The molecule has 90 valence electrons. The summed E-state index contributed by atoms with van der Waals surface area (Å²) in [5.74, 6) is 0.986. The molecule has 0 spiro atoms. The molecule has 1 aromatic rings.